The second-order valence-electron chi connectivity index (χ2n) is 3.23. The molecule has 1 fully saturated rings. The zero-order chi connectivity index (χ0) is 9.68. The van der Waals surface area contributed by atoms with Crippen molar-refractivity contribution in [3.05, 3.63) is 11.1 Å². The highest BCUT2D eigenvalue weighted by Gasteiger charge is 2.15. The standard InChI is InChI=1S/C9H14BrN3/c1-9(10)8-13-6-4-12(3-2-11)5-7-13/h1,3-8H2. The van der Waals surface area contributed by atoms with Gasteiger partial charge in [-0.3, -0.25) is 9.80 Å². The Bertz CT molecular complexity index is 213. The minimum atomic E-state index is 0.559. The summed E-state index contributed by atoms with van der Waals surface area (Å²) in [6.45, 7) is 9.35. The first kappa shape index (κ1) is 10.7. The summed E-state index contributed by atoms with van der Waals surface area (Å²) >= 11 is 3.35. The predicted octanol–water partition coefficient (Wildman–Crippen LogP) is 1.04. The molecule has 0 atom stereocenters. The first-order valence-electron chi connectivity index (χ1n) is 4.37. The lowest BCUT2D eigenvalue weighted by Crippen LogP contribution is -2.46. The van der Waals surface area contributed by atoms with Crippen LogP contribution in [0.2, 0.25) is 0 Å². The fourth-order valence-electron chi connectivity index (χ4n) is 1.45. The van der Waals surface area contributed by atoms with E-state index in [4.69, 9.17) is 5.26 Å². The van der Waals surface area contributed by atoms with E-state index in [0.29, 0.717) is 6.54 Å². The Kier molecular flexibility index (Phi) is 4.43. The highest BCUT2D eigenvalue weighted by molar-refractivity contribution is 9.11. The van der Waals surface area contributed by atoms with Crippen LogP contribution in [-0.2, 0) is 0 Å². The van der Waals surface area contributed by atoms with Crippen LogP contribution in [0.25, 0.3) is 0 Å². The lowest BCUT2D eigenvalue weighted by Gasteiger charge is -2.33. The van der Waals surface area contributed by atoms with Crippen LogP contribution in [0, 0.1) is 11.3 Å². The summed E-state index contributed by atoms with van der Waals surface area (Å²) in [6, 6.07) is 2.17. The SMILES string of the molecule is C=C(Br)CN1CCN(CC#N)CC1. The molecule has 0 unspecified atom stereocenters. The molecule has 13 heavy (non-hydrogen) atoms. The number of nitrogens with zero attached hydrogens (tertiary/aromatic N) is 3. The van der Waals surface area contributed by atoms with Crippen LogP contribution in [0.1, 0.15) is 0 Å². The fraction of sp³-hybridized carbons (Fsp3) is 0.667. The zero-order valence-electron chi connectivity index (χ0n) is 7.67. The van der Waals surface area contributed by atoms with Gasteiger partial charge in [0.15, 0.2) is 0 Å². The van der Waals surface area contributed by atoms with Gasteiger partial charge in [0.05, 0.1) is 12.6 Å². The Morgan fingerprint density at radius 1 is 1.31 bits per heavy atom. The molecule has 0 aliphatic carbocycles. The van der Waals surface area contributed by atoms with E-state index in [1.54, 1.807) is 0 Å². The lowest BCUT2D eigenvalue weighted by atomic mass is 10.3. The quantitative estimate of drug-likeness (QED) is 0.695. The van der Waals surface area contributed by atoms with Gasteiger partial charge < -0.3 is 0 Å². The lowest BCUT2D eigenvalue weighted by molar-refractivity contribution is 0.154. The van der Waals surface area contributed by atoms with Gasteiger partial charge in [-0.05, 0) is 0 Å². The van der Waals surface area contributed by atoms with Crippen LogP contribution in [0.3, 0.4) is 0 Å². The van der Waals surface area contributed by atoms with Crippen molar-refractivity contribution < 1.29 is 0 Å². The summed E-state index contributed by atoms with van der Waals surface area (Å²) in [6.07, 6.45) is 0. The second kappa shape index (κ2) is 5.38. The third-order valence-corrected chi connectivity index (χ3v) is 2.41. The van der Waals surface area contributed by atoms with E-state index in [9.17, 15) is 0 Å². The van der Waals surface area contributed by atoms with Crippen molar-refractivity contribution in [1.29, 1.82) is 5.26 Å². The van der Waals surface area contributed by atoms with Crippen LogP contribution < -0.4 is 0 Å². The molecule has 4 heteroatoms. The van der Waals surface area contributed by atoms with Gasteiger partial charge in [0.2, 0.25) is 0 Å². The highest BCUT2D eigenvalue weighted by atomic mass is 79.9. The molecule has 1 heterocycles. The largest absolute Gasteiger partial charge is 0.296 e. The first-order valence-corrected chi connectivity index (χ1v) is 5.16. The average Bonchev–Trinajstić information content (AvgIpc) is 2.08. The smallest absolute Gasteiger partial charge is 0.0866 e. The summed E-state index contributed by atoms with van der Waals surface area (Å²) < 4.78 is 1.03. The number of nitriles is 1. The second-order valence-corrected chi connectivity index (χ2v) is 4.35. The molecule has 0 radical (unpaired) electrons. The van der Waals surface area contributed by atoms with Crippen molar-refractivity contribution in [3.63, 3.8) is 0 Å². The van der Waals surface area contributed by atoms with Gasteiger partial charge in [-0.1, -0.05) is 22.5 Å². The molecule has 1 aliphatic rings. The molecule has 3 nitrogen and oxygen atoms in total. The van der Waals surface area contributed by atoms with Gasteiger partial charge in [0, 0.05) is 37.2 Å². The summed E-state index contributed by atoms with van der Waals surface area (Å²) in [5.41, 5.74) is 0. The number of hydrogen-bond acceptors (Lipinski definition) is 3. The maximum atomic E-state index is 8.50. The number of piperazine rings is 1. The molecule has 0 saturated carbocycles. The van der Waals surface area contributed by atoms with E-state index >= 15 is 0 Å². The van der Waals surface area contributed by atoms with Gasteiger partial charge in [-0.25, -0.2) is 0 Å². The Balaban J connectivity index is 2.23. The summed E-state index contributed by atoms with van der Waals surface area (Å²) in [7, 11) is 0. The van der Waals surface area contributed by atoms with E-state index < -0.39 is 0 Å². The van der Waals surface area contributed by atoms with Gasteiger partial charge in [-0.2, -0.15) is 5.26 Å². The van der Waals surface area contributed by atoms with Crippen LogP contribution in [0.4, 0.5) is 0 Å². The molecule has 0 bridgehead atoms. The molecule has 1 aliphatic heterocycles. The average molecular weight is 244 g/mol. The van der Waals surface area contributed by atoms with E-state index in [1.165, 1.54) is 0 Å². The third kappa shape index (κ3) is 3.90. The number of rotatable bonds is 3. The van der Waals surface area contributed by atoms with Crippen LogP contribution >= 0.6 is 15.9 Å². The minimum Gasteiger partial charge on any atom is -0.296 e. The first-order chi connectivity index (χ1) is 6.22. The maximum Gasteiger partial charge on any atom is 0.0866 e. The van der Waals surface area contributed by atoms with E-state index in [2.05, 4.69) is 38.4 Å². The molecular formula is C9H14BrN3. The molecule has 0 aromatic heterocycles. The summed E-state index contributed by atoms with van der Waals surface area (Å²) in [5.74, 6) is 0. The summed E-state index contributed by atoms with van der Waals surface area (Å²) in [4.78, 5) is 4.51. The van der Waals surface area contributed by atoms with Crippen LogP contribution in [0.5, 0.6) is 0 Å². The van der Waals surface area contributed by atoms with Gasteiger partial charge in [0.1, 0.15) is 0 Å². The highest BCUT2D eigenvalue weighted by Crippen LogP contribution is 2.07. The molecule has 72 valence electrons. The molecule has 0 amide bonds. The molecular weight excluding hydrogens is 230 g/mol. The van der Waals surface area contributed by atoms with Crippen molar-refractivity contribution >= 4 is 15.9 Å². The monoisotopic (exact) mass is 243 g/mol. The van der Waals surface area contributed by atoms with Crippen molar-refractivity contribution in [2.75, 3.05) is 39.3 Å². The Hall–Kier alpha value is -0.370. The predicted molar refractivity (Wildman–Crippen MR) is 56.6 cm³/mol. The normalized spacial score (nSPS) is 19.7. The van der Waals surface area contributed by atoms with Crippen molar-refractivity contribution in [2.45, 2.75) is 0 Å². The van der Waals surface area contributed by atoms with Gasteiger partial charge in [0.25, 0.3) is 0 Å². The Labute approximate surface area is 87.7 Å². The Morgan fingerprint density at radius 2 is 1.85 bits per heavy atom. The molecule has 0 N–H and O–H groups in total. The van der Waals surface area contributed by atoms with Crippen LogP contribution in [-0.4, -0.2) is 49.1 Å². The fourth-order valence-corrected chi connectivity index (χ4v) is 1.80. The zero-order valence-corrected chi connectivity index (χ0v) is 9.26. The number of halogens is 1. The molecule has 0 aromatic rings. The van der Waals surface area contributed by atoms with Crippen molar-refractivity contribution in [1.82, 2.24) is 9.80 Å². The van der Waals surface area contributed by atoms with E-state index in [1.807, 2.05) is 0 Å². The molecule has 0 aromatic carbocycles. The number of hydrogen-bond donors (Lipinski definition) is 0. The Morgan fingerprint density at radius 3 is 2.31 bits per heavy atom. The van der Waals surface area contributed by atoms with Crippen LogP contribution in [0.15, 0.2) is 11.1 Å². The third-order valence-electron chi connectivity index (χ3n) is 2.15. The molecule has 1 saturated heterocycles. The van der Waals surface area contributed by atoms with Crippen molar-refractivity contribution in [2.24, 2.45) is 0 Å². The van der Waals surface area contributed by atoms with E-state index in [-0.39, 0.29) is 0 Å². The molecule has 0 spiro atoms. The minimum absolute atomic E-state index is 0.559. The maximum absolute atomic E-state index is 8.50. The van der Waals surface area contributed by atoms with Gasteiger partial charge >= 0.3 is 0 Å². The van der Waals surface area contributed by atoms with E-state index in [0.717, 1.165) is 37.2 Å². The topological polar surface area (TPSA) is 30.3 Å². The summed E-state index contributed by atoms with van der Waals surface area (Å²) in [5, 5.41) is 8.50. The van der Waals surface area contributed by atoms with Gasteiger partial charge in [-0.15, -0.1) is 0 Å². The molecule has 1 rings (SSSR count). The van der Waals surface area contributed by atoms with Crippen molar-refractivity contribution in [3.8, 4) is 6.07 Å².